The molecule has 0 aromatic heterocycles. The topological polar surface area (TPSA) is 116 Å². The maximum atomic E-state index is 14.4. The zero-order chi connectivity index (χ0) is 32.6. The lowest BCUT2D eigenvalue weighted by molar-refractivity contribution is -0.170. The number of amides is 3. The van der Waals surface area contributed by atoms with Crippen molar-refractivity contribution in [3.63, 3.8) is 0 Å². The Balaban J connectivity index is 1.38. The largest absolute Gasteiger partial charge is 0.445 e. The van der Waals surface area contributed by atoms with Crippen molar-refractivity contribution in [2.24, 2.45) is 0 Å². The highest BCUT2D eigenvalue weighted by atomic mass is 35.5. The van der Waals surface area contributed by atoms with Crippen LogP contribution < -0.4 is 5.32 Å². The van der Waals surface area contributed by atoms with E-state index in [4.69, 9.17) is 39.5 Å². The van der Waals surface area contributed by atoms with E-state index in [0.717, 1.165) is 34.7 Å². The standard InChI is InChI=1S/C32H31Cl3N4O6S/c33-22-11-9-20(10-12-22)15-27-31(41)37(24-7-4-8-24)18-29-38(46(43,44)28-14-13-23(34)16-25(28)35)17-26(30(40)39(27)29)36-32(42)45-19-21-5-2-1-3-6-21/h1-3,5-6,9-14,16,24,26-27,29H,4,7-8,15,17-19H2,(H,36,42). The van der Waals surface area contributed by atoms with E-state index in [1.54, 1.807) is 53.4 Å². The summed E-state index contributed by atoms with van der Waals surface area (Å²) in [5.41, 5.74) is 1.47. The van der Waals surface area contributed by atoms with Gasteiger partial charge in [-0.3, -0.25) is 9.59 Å². The number of nitrogens with zero attached hydrogens (tertiary/aromatic N) is 3. The van der Waals surface area contributed by atoms with Crippen LogP contribution in [0.25, 0.3) is 0 Å². The highest BCUT2D eigenvalue weighted by molar-refractivity contribution is 7.89. The molecule has 1 aliphatic carbocycles. The molecule has 46 heavy (non-hydrogen) atoms. The van der Waals surface area contributed by atoms with E-state index < -0.39 is 46.8 Å². The Kier molecular flexibility index (Phi) is 9.50. The van der Waals surface area contributed by atoms with Gasteiger partial charge in [-0.25, -0.2) is 13.2 Å². The number of halogens is 3. The third-order valence-corrected chi connectivity index (χ3v) is 11.5. The highest BCUT2D eigenvalue weighted by Gasteiger charge is 2.55. The fourth-order valence-electron chi connectivity index (χ4n) is 6.10. The Labute approximate surface area is 282 Å². The number of hydrogen-bond donors (Lipinski definition) is 1. The molecule has 1 N–H and O–H groups in total. The van der Waals surface area contributed by atoms with E-state index >= 15 is 0 Å². The molecule has 2 heterocycles. The second-order valence-electron chi connectivity index (χ2n) is 11.6. The third kappa shape index (κ3) is 6.57. The number of benzene rings is 3. The molecule has 10 nitrogen and oxygen atoms in total. The van der Waals surface area contributed by atoms with Crippen molar-refractivity contribution in [3.05, 3.63) is 99.0 Å². The van der Waals surface area contributed by atoms with Crippen LogP contribution in [-0.2, 0) is 37.4 Å². The van der Waals surface area contributed by atoms with Crippen molar-refractivity contribution in [1.29, 1.82) is 0 Å². The molecule has 3 aromatic rings. The van der Waals surface area contributed by atoms with Gasteiger partial charge in [-0.2, -0.15) is 4.31 Å². The Morgan fingerprint density at radius 2 is 1.57 bits per heavy atom. The number of fused-ring (bicyclic) bond motifs is 1. The minimum Gasteiger partial charge on any atom is -0.445 e. The lowest BCUT2D eigenvalue weighted by atomic mass is 9.88. The summed E-state index contributed by atoms with van der Waals surface area (Å²) in [6.45, 7) is -0.486. The molecule has 0 bridgehead atoms. The van der Waals surface area contributed by atoms with Crippen molar-refractivity contribution >= 4 is 62.7 Å². The van der Waals surface area contributed by atoms with Gasteiger partial charge in [0.1, 0.15) is 29.8 Å². The number of rotatable bonds is 8. The predicted octanol–water partition coefficient (Wildman–Crippen LogP) is 5.11. The van der Waals surface area contributed by atoms with Crippen molar-refractivity contribution < 1.29 is 27.5 Å². The molecule has 2 saturated heterocycles. The van der Waals surface area contributed by atoms with Crippen LogP contribution in [0.4, 0.5) is 4.79 Å². The molecule has 1 saturated carbocycles. The Morgan fingerprint density at radius 3 is 2.22 bits per heavy atom. The molecular formula is C32H31Cl3N4O6S. The van der Waals surface area contributed by atoms with Gasteiger partial charge in [-0.05, 0) is 60.7 Å². The summed E-state index contributed by atoms with van der Waals surface area (Å²) in [4.78, 5) is 44.1. The lowest BCUT2D eigenvalue weighted by Gasteiger charge is -2.55. The number of carbonyl (C=O) groups is 3. The summed E-state index contributed by atoms with van der Waals surface area (Å²) in [5, 5.41) is 3.23. The summed E-state index contributed by atoms with van der Waals surface area (Å²) in [5.74, 6) is -0.866. The first-order chi connectivity index (χ1) is 22.0. The predicted molar refractivity (Wildman–Crippen MR) is 173 cm³/mol. The first-order valence-corrected chi connectivity index (χ1v) is 17.4. The second kappa shape index (κ2) is 13.4. The minimum atomic E-state index is -4.38. The molecule has 3 atom stereocenters. The molecule has 242 valence electrons. The van der Waals surface area contributed by atoms with Crippen molar-refractivity contribution in [3.8, 4) is 0 Å². The van der Waals surface area contributed by atoms with Gasteiger partial charge in [-0.1, -0.05) is 77.3 Å². The summed E-state index contributed by atoms with van der Waals surface area (Å²) in [7, 11) is -4.38. The average Bonchev–Trinajstić information content (AvgIpc) is 3.00. The quantitative estimate of drug-likeness (QED) is 0.349. The molecule has 6 rings (SSSR count). The smallest absolute Gasteiger partial charge is 0.408 e. The summed E-state index contributed by atoms with van der Waals surface area (Å²) >= 11 is 18.6. The molecule has 3 aliphatic rings. The Hall–Kier alpha value is -3.35. The van der Waals surface area contributed by atoms with Gasteiger partial charge in [0.05, 0.1) is 11.6 Å². The number of hydrogen-bond acceptors (Lipinski definition) is 6. The SMILES string of the molecule is O=C(NC1CN(S(=O)(=O)c2ccc(Cl)cc2Cl)C2CN(C3CCC3)C(=O)C(Cc3ccc(Cl)cc3)N2C1=O)OCc1ccccc1. The van der Waals surface area contributed by atoms with Gasteiger partial charge in [0.15, 0.2) is 0 Å². The monoisotopic (exact) mass is 704 g/mol. The summed E-state index contributed by atoms with van der Waals surface area (Å²) < 4.78 is 35.2. The number of alkyl carbamates (subject to hydrolysis) is 1. The van der Waals surface area contributed by atoms with Gasteiger partial charge in [0, 0.05) is 29.1 Å². The van der Waals surface area contributed by atoms with E-state index in [1.165, 1.54) is 23.1 Å². The zero-order valence-corrected chi connectivity index (χ0v) is 27.6. The number of sulfonamides is 1. The molecule has 0 spiro atoms. The number of piperazine rings is 1. The van der Waals surface area contributed by atoms with Gasteiger partial charge in [-0.15, -0.1) is 0 Å². The van der Waals surface area contributed by atoms with Gasteiger partial charge in [0.2, 0.25) is 21.8 Å². The van der Waals surface area contributed by atoms with E-state index in [1.807, 2.05) is 6.07 Å². The zero-order valence-electron chi connectivity index (χ0n) is 24.5. The molecule has 3 aromatic carbocycles. The van der Waals surface area contributed by atoms with Gasteiger partial charge >= 0.3 is 6.09 Å². The number of nitrogens with one attached hydrogen (secondary N) is 1. The van der Waals surface area contributed by atoms with Crippen LogP contribution in [0, 0.1) is 0 Å². The van der Waals surface area contributed by atoms with Crippen LogP contribution in [0.2, 0.25) is 15.1 Å². The van der Waals surface area contributed by atoms with Crippen LogP contribution in [0.5, 0.6) is 0 Å². The van der Waals surface area contributed by atoms with Crippen LogP contribution in [0.1, 0.15) is 30.4 Å². The first-order valence-electron chi connectivity index (χ1n) is 14.8. The van der Waals surface area contributed by atoms with Crippen LogP contribution in [0.3, 0.4) is 0 Å². The minimum absolute atomic E-state index is 0.0258. The number of carbonyl (C=O) groups excluding carboxylic acids is 3. The Bertz CT molecular complexity index is 1740. The number of ether oxygens (including phenoxy) is 1. The van der Waals surface area contributed by atoms with Gasteiger partial charge < -0.3 is 19.9 Å². The van der Waals surface area contributed by atoms with E-state index in [9.17, 15) is 22.8 Å². The third-order valence-electron chi connectivity index (χ3n) is 8.68. The molecular weight excluding hydrogens is 675 g/mol. The molecule has 3 amide bonds. The molecule has 2 aliphatic heterocycles. The van der Waals surface area contributed by atoms with E-state index in [2.05, 4.69) is 5.32 Å². The van der Waals surface area contributed by atoms with E-state index in [0.29, 0.717) is 5.02 Å². The molecule has 0 radical (unpaired) electrons. The maximum Gasteiger partial charge on any atom is 0.408 e. The van der Waals surface area contributed by atoms with Crippen molar-refractivity contribution in [2.45, 2.75) is 61.5 Å². The van der Waals surface area contributed by atoms with Crippen LogP contribution in [0.15, 0.2) is 77.7 Å². The lowest BCUT2D eigenvalue weighted by Crippen LogP contribution is -2.77. The second-order valence-corrected chi connectivity index (χ2v) is 14.7. The highest BCUT2D eigenvalue weighted by Crippen LogP contribution is 2.37. The van der Waals surface area contributed by atoms with Crippen LogP contribution >= 0.6 is 34.8 Å². The molecule has 3 fully saturated rings. The fraction of sp³-hybridized carbons (Fsp3) is 0.344. The summed E-state index contributed by atoms with van der Waals surface area (Å²) in [6.07, 6.45) is 0.667. The van der Waals surface area contributed by atoms with Crippen molar-refractivity contribution in [1.82, 2.24) is 19.4 Å². The molecule has 3 unspecified atom stereocenters. The molecule has 14 heteroatoms. The van der Waals surface area contributed by atoms with Crippen LogP contribution in [-0.4, -0.2) is 77.8 Å². The van der Waals surface area contributed by atoms with Gasteiger partial charge in [0.25, 0.3) is 0 Å². The summed E-state index contributed by atoms with van der Waals surface area (Å²) in [6, 6.07) is 17.5. The maximum absolute atomic E-state index is 14.4. The fourth-order valence-corrected chi connectivity index (χ4v) is 8.56. The average molecular weight is 706 g/mol. The normalized spacial score (nSPS) is 22.3. The van der Waals surface area contributed by atoms with Crippen molar-refractivity contribution in [2.75, 3.05) is 13.1 Å². The first kappa shape index (κ1) is 32.6. The Morgan fingerprint density at radius 1 is 0.870 bits per heavy atom. The van der Waals surface area contributed by atoms with E-state index in [-0.39, 0.29) is 46.5 Å².